The fourth-order valence-corrected chi connectivity index (χ4v) is 4.29. The predicted molar refractivity (Wildman–Crippen MR) is 71.2 cm³/mol. The van der Waals surface area contributed by atoms with Crippen LogP contribution in [0.5, 0.6) is 0 Å². The van der Waals surface area contributed by atoms with Crippen molar-refractivity contribution in [1.82, 2.24) is 4.90 Å². The van der Waals surface area contributed by atoms with Crippen molar-refractivity contribution < 1.29 is 13.2 Å². The van der Waals surface area contributed by atoms with E-state index < -0.39 is 9.84 Å². The van der Waals surface area contributed by atoms with Crippen LogP contribution in [0.2, 0.25) is 0 Å². The summed E-state index contributed by atoms with van der Waals surface area (Å²) in [6.45, 7) is 5.99. The minimum absolute atomic E-state index is 0.106. The number of nitrogens with zero attached hydrogens (tertiary/aromatic N) is 1. The lowest BCUT2D eigenvalue weighted by atomic mass is 9.71. The van der Waals surface area contributed by atoms with Crippen molar-refractivity contribution in [2.75, 3.05) is 31.1 Å². The summed E-state index contributed by atoms with van der Waals surface area (Å²) in [7, 11) is -2.82. The van der Waals surface area contributed by atoms with Gasteiger partial charge in [-0.05, 0) is 12.8 Å². The van der Waals surface area contributed by atoms with Gasteiger partial charge in [-0.25, -0.2) is 8.42 Å². The zero-order valence-electron chi connectivity index (χ0n) is 11.3. The maximum Gasteiger partial charge on any atom is 0.152 e. The van der Waals surface area contributed by atoms with Gasteiger partial charge >= 0.3 is 0 Å². The van der Waals surface area contributed by atoms with Crippen molar-refractivity contribution in [2.24, 2.45) is 11.3 Å². The SMILES string of the molecule is CC1(C)CCCC(CN2CCS(=O)(=O)CC2)C1=O. The molecular formula is C13H23NO3S. The Labute approximate surface area is 110 Å². The molecule has 4 nitrogen and oxygen atoms in total. The summed E-state index contributed by atoms with van der Waals surface area (Å²) in [6.07, 6.45) is 3.05. The molecule has 0 bridgehead atoms. The third kappa shape index (κ3) is 3.12. The second-order valence-corrected chi connectivity index (χ2v) is 8.59. The van der Waals surface area contributed by atoms with E-state index in [2.05, 4.69) is 4.90 Å². The molecule has 0 aromatic rings. The van der Waals surface area contributed by atoms with Crippen LogP contribution in [-0.4, -0.2) is 50.2 Å². The largest absolute Gasteiger partial charge is 0.301 e. The van der Waals surface area contributed by atoms with E-state index >= 15 is 0 Å². The summed E-state index contributed by atoms with van der Waals surface area (Å²) in [5.74, 6) is 0.964. The van der Waals surface area contributed by atoms with Gasteiger partial charge in [0, 0.05) is 31.0 Å². The number of rotatable bonds is 2. The quantitative estimate of drug-likeness (QED) is 0.756. The number of carbonyl (C=O) groups is 1. The van der Waals surface area contributed by atoms with Crippen LogP contribution in [0, 0.1) is 11.3 Å². The van der Waals surface area contributed by atoms with Crippen molar-refractivity contribution in [3.63, 3.8) is 0 Å². The highest BCUT2D eigenvalue weighted by Crippen LogP contribution is 2.35. The molecular weight excluding hydrogens is 250 g/mol. The van der Waals surface area contributed by atoms with Crippen LogP contribution in [0.15, 0.2) is 0 Å². The van der Waals surface area contributed by atoms with Gasteiger partial charge in [-0.1, -0.05) is 20.3 Å². The molecule has 1 aliphatic heterocycles. The number of hydrogen-bond donors (Lipinski definition) is 0. The Hall–Kier alpha value is -0.420. The molecule has 1 saturated carbocycles. The van der Waals surface area contributed by atoms with Crippen LogP contribution >= 0.6 is 0 Å². The van der Waals surface area contributed by atoms with Gasteiger partial charge in [0.25, 0.3) is 0 Å². The highest BCUT2D eigenvalue weighted by molar-refractivity contribution is 7.91. The molecule has 2 rings (SSSR count). The van der Waals surface area contributed by atoms with Gasteiger partial charge in [-0.3, -0.25) is 4.79 Å². The molecule has 0 aromatic heterocycles. The number of ketones is 1. The standard InChI is InChI=1S/C13H23NO3S/c1-13(2)5-3-4-11(12(13)15)10-14-6-8-18(16,17)9-7-14/h11H,3-10H2,1-2H3. The summed E-state index contributed by atoms with van der Waals surface area (Å²) >= 11 is 0. The van der Waals surface area contributed by atoms with Crippen molar-refractivity contribution in [1.29, 1.82) is 0 Å². The maximum atomic E-state index is 12.3. The molecule has 0 spiro atoms. The Morgan fingerprint density at radius 1 is 1.28 bits per heavy atom. The molecule has 18 heavy (non-hydrogen) atoms. The summed E-state index contributed by atoms with van der Waals surface area (Å²) < 4.78 is 22.7. The first kappa shape index (κ1) is 14.0. The Kier molecular flexibility index (Phi) is 3.83. The van der Waals surface area contributed by atoms with Gasteiger partial charge < -0.3 is 4.90 Å². The van der Waals surface area contributed by atoms with Gasteiger partial charge in [0.2, 0.25) is 0 Å². The molecule has 1 saturated heterocycles. The second-order valence-electron chi connectivity index (χ2n) is 6.29. The van der Waals surface area contributed by atoms with Crippen LogP contribution in [0.3, 0.4) is 0 Å². The maximum absolute atomic E-state index is 12.3. The molecule has 2 aliphatic rings. The molecule has 0 radical (unpaired) electrons. The fourth-order valence-electron chi connectivity index (χ4n) is 3.02. The van der Waals surface area contributed by atoms with Crippen molar-refractivity contribution >= 4 is 15.6 Å². The van der Waals surface area contributed by atoms with Gasteiger partial charge in [-0.15, -0.1) is 0 Å². The van der Waals surface area contributed by atoms with E-state index in [4.69, 9.17) is 0 Å². The van der Waals surface area contributed by atoms with Gasteiger partial charge in [0.1, 0.15) is 5.78 Å². The zero-order valence-corrected chi connectivity index (χ0v) is 12.1. The van der Waals surface area contributed by atoms with E-state index in [-0.39, 0.29) is 22.8 Å². The monoisotopic (exact) mass is 273 g/mol. The van der Waals surface area contributed by atoms with Gasteiger partial charge in [0.15, 0.2) is 9.84 Å². The van der Waals surface area contributed by atoms with E-state index in [0.29, 0.717) is 18.9 Å². The minimum atomic E-state index is -2.82. The summed E-state index contributed by atoms with van der Waals surface area (Å²) in [6, 6.07) is 0. The third-order valence-electron chi connectivity index (χ3n) is 4.31. The Balaban J connectivity index is 1.92. The minimum Gasteiger partial charge on any atom is -0.301 e. The molecule has 1 atom stereocenters. The van der Waals surface area contributed by atoms with E-state index in [9.17, 15) is 13.2 Å². The summed E-state index contributed by atoms with van der Waals surface area (Å²) in [5.41, 5.74) is -0.190. The molecule has 1 aliphatic carbocycles. The van der Waals surface area contributed by atoms with Gasteiger partial charge in [-0.2, -0.15) is 0 Å². The molecule has 104 valence electrons. The fraction of sp³-hybridized carbons (Fsp3) is 0.923. The van der Waals surface area contributed by atoms with Crippen LogP contribution in [0.4, 0.5) is 0 Å². The lowest BCUT2D eigenvalue weighted by Crippen LogP contribution is -2.46. The number of sulfone groups is 1. The van der Waals surface area contributed by atoms with E-state index in [1.54, 1.807) is 0 Å². The van der Waals surface area contributed by atoms with Crippen molar-refractivity contribution in [2.45, 2.75) is 33.1 Å². The lowest BCUT2D eigenvalue weighted by Gasteiger charge is -2.37. The van der Waals surface area contributed by atoms with Crippen molar-refractivity contribution in [3.05, 3.63) is 0 Å². The predicted octanol–water partition coefficient (Wildman–Crippen LogP) is 1.11. The molecule has 0 amide bonds. The van der Waals surface area contributed by atoms with E-state index in [1.807, 2.05) is 13.8 Å². The zero-order chi connectivity index (χ0) is 13.4. The first-order chi connectivity index (χ1) is 8.30. The first-order valence-corrected chi connectivity index (χ1v) is 8.59. The second kappa shape index (κ2) is 4.93. The van der Waals surface area contributed by atoms with Crippen molar-refractivity contribution in [3.8, 4) is 0 Å². The normalized spacial score (nSPS) is 32.3. The van der Waals surface area contributed by atoms with E-state index in [0.717, 1.165) is 25.8 Å². The van der Waals surface area contributed by atoms with Crippen LogP contribution < -0.4 is 0 Å². The van der Waals surface area contributed by atoms with Crippen LogP contribution in [0.25, 0.3) is 0 Å². The summed E-state index contributed by atoms with van der Waals surface area (Å²) in [4.78, 5) is 14.4. The molecule has 5 heteroatoms. The smallest absolute Gasteiger partial charge is 0.152 e. The Bertz CT molecular complexity index is 414. The van der Waals surface area contributed by atoms with Crippen LogP contribution in [0.1, 0.15) is 33.1 Å². The lowest BCUT2D eigenvalue weighted by molar-refractivity contribution is -0.134. The number of carbonyl (C=O) groups excluding carboxylic acids is 1. The molecule has 2 fully saturated rings. The third-order valence-corrected chi connectivity index (χ3v) is 5.92. The number of Topliss-reactive ketones (excluding diaryl/α,β-unsaturated/α-hetero) is 1. The molecule has 0 aromatic carbocycles. The summed E-state index contributed by atoms with van der Waals surface area (Å²) in [5, 5.41) is 0. The molecule has 0 N–H and O–H groups in total. The first-order valence-electron chi connectivity index (χ1n) is 6.77. The average molecular weight is 273 g/mol. The Morgan fingerprint density at radius 2 is 1.89 bits per heavy atom. The van der Waals surface area contributed by atoms with E-state index in [1.165, 1.54) is 0 Å². The highest BCUT2D eigenvalue weighted by atomic mass is 32.2. The topological polar surface area (TPSA) is 54.5 Å². The molecule has 1 heterocycles. The number of hydrogen-bond acceptors (Lipinski definition) is 4. The highest BCUT2D eigenvalue weighted by Gasteiger charge is 2.38. The average Bonchev–Trinajstić information content (AvgIpc) is 2.27. The molecule has 1 unspecified atom stereocenters. The van der Waals surface area contributed by atoms with Crippen LogP contribution in [-0.2, 0) is 14.6 Å². The Morgan fingerprint density at radius 3 is 2.50 bits per heavy atom. The van der Waals surface area contributed by atoms with Gasteiger partial charge in [0.05, 0.1) is 11.5 Å².